The van der Waals surface area contributed by atoms with E-state index in [2.05, 4.69) is 15.0 Å². The van der Waals surface area contributed by atoms with E-state index in [9.17, 15) is 9.59 Å². The van der Waals surface area contributed by atoms with Crippen molar-refractivity contribution in [3.63, 3.8) is 0 Å². The molecule has 0 bridgehead atoms. The van der Waals surface area contributed by atoms with Crippen LogP contribution in [0.25, 0.3) is 22.3 Å². The number of aliphatic imine (C=N–C) groups is 3. The molecule has 6 heteroatoms. The summed E-state index contributed by atoms with van der Waals surface area (Å²) in [4.78, 5) is 37.0. The molecule has 0 N–H and O–H groups in total. The Morgan fingerprint density at radius 3 is 2.46 bits per heavy atom. The lowest BCUT2D eigenvalue weighted by Gasteiger charge is -2.09. The topological polar surface area (TPSA) is 84.4 Å². The van der Waals surface area contributed by atoms with Crippen molar-refractivity contribution >= 4 is 35.3 Å². The first kappa shape index (κ1) is 15.8. The smallest absolute Gasteiger partial charge is 0.284 e. The summed E-state index contributed by atoms with van der Waals surface area (Å²) < 4.78 is 6.01. The monoisotopic (exact) mass is 343 g/mol. The van der Waals surface area contributed by atoms with Gasteiger partial charge in [0.2, 0.25) is 0 Å². The standard InChI is InChI=1S/C20H13N3O3/c1-12-16(24)14-8-5-9-15(19(25)23-20-21-10-11-22-20)18(14)26-17(12)13-6-3-2-4-7-13/h2-11H,1H3. The lowest BCUT2D eigenvalue weighted by atomic mass is 10.0. The van der Waals surface area contributed by atoms with Crippen molar-refractivity contribution in [2.45, 2.75) is 6.92 Å². The van der Waals surface area contributed by atoms with Gasteiger partial charge in [-0.15, -0.1) is 0 Å². The second kappa shape index (κ2) is 6.33. The maximum Gasteiger partial charge on any atom is 0.284 e. The number of nitrogens with zero attached hydrogens (tertiary/aromatic N) is 3. The predicted molar refractivity (Wildman–Crippen MR) is 101 cm³/mol. The minimum Gasteiger partial charge on any atom is -0.455 e. The van der Waals surface area contributed by atoms with E-state index in [1.54, 1.807) is 25.1 Å². The molecule has 2 heterocycles. The average molecular weight is 343 g/mol. The number of guanidine groups is 1. The summed E-state index contributed by atoms with van der Waals surface area (Å²) in [5, 5.41) is 0.339. The zero-order valence-corrected chi connectivity index (χ0v) is 13.8. The summed E-state index contributed by atoms with van der Waals surface area (Å²) in [7, 11) is 0. The number of benzene rings is 2. The molecule has 0 saturated heterocycles. The molecule has 4 rings (SSSR count). The molecular weight excluding hydrogens is 330 g/mol. The Kier molecular flexibility index (Phi) is 3.85. The first-order chi connectivity index (χ1) is 12.6. The molecule has 0 spiro atoms. The Morgan fingerprint density at radius 1 is 1.00 bits per heavy atom. The number of hydrogen-bond acceptors (Lipinski definition) is 3. The number of hydrogen-bond donors (Lipinski definition) is 0. The predicted octanol–water partition coefficient (Wildman–Crippen LogP) is 3.42. The van der Waals surface area contributed by atoms with Crippen LogP contribution in [0.4, 0.5) is 0 Å². The van der Waals surface area contributed by atoms with E-state index < -0.39 is 5.91 Å². The van der Waals surface area contributed by atoms with E-state index in [0.29, 0.717) is 16.7 Å². The lowest BCUT2D eigenvalue weighted by molar-refractivity contribution is 0.100. The van der Waals surface area contributed by atoms with Gasteiger partial charge in [-0.1, -0.05) is 36.4 Å². The third-order valence-electron chi connectivity index (χ3n) is 4.06. The average Bonchev–Trinajstić information content (AvgIpc) is 3.18. The molecule has 1 aliphatic rings. The fourth-order valence-corrected chi connectivity index (χ4v) is 2.78. The fraction of sp³-hybridized carbons (Fsp3) is 0.0500. The van der Waals surface area contributed by atoms with Gasteiger partial charge >= 0.3 is 0 Å². The lowest BCUT2D eigenvalue weighted by Crippen LogP contribution is -2.09. The van der Waals surface area contributed by atoms with Gasteiger partial charge in [-0.2, -0.15) is 4.99 Å². The minimum atomic E-state index is -0.562. The highest BCUT2D eigenvalue weighted by molar-refractivity contribution is 6.27. The Bertz CT molecular complexity index is 1160. The number of amides is 1. The minimum absolute atomic E-state index is 0.0738. The third-order valence-corrected chi connectivity index (χ3v) is 4.06. The van der Waals surface area contributed by atoms with Crippen molar-refractivity contribution in [3.8, 4) is 11.3 Å². The first-order valence-corrected chi connectivity index (χ1v) is 7.97. The van der Waals surface area contributed by atoms with Crippen LogP contribution < -0.4 is 5.43 Å². The summed E-state index contributed by atoms with van der Waals surface area (Å²) in [5.74, 6) is -0.0505. The van der Waals surface area contributed by atoms with Crippen molar-refractivity contribution in [1.82, 2.24) is 0 Å². The fourth-order valence-electron chi connectivity index (χ4n) is 2.78. The molecule has 1 aliphatic heterocycles. The van der Waals surface area contributed by atoms with Gasteiger partial charge in [0.1, 0.15) is 5.76 Å². The Balaban J connectivity index is 1.96. The van der Waals surface area contributed by atoms with Gasteiger partial charge in [0, 0.05) is 23.6 Å². The van der Waals surface area contributed by atoms with Crippen LogP contribution in [0.1, 0.15) is 15.9 Å². The van der Waals surface area contributed by atoms with E-state index in [1.165, 1.54) is 12.4 Å². The summed E-state index contributed by atoms with van der Waals surface area (Å²) in [6, 6.07) is 14.1. The third kappa shape index (κ3) is 2.67. The molecule has 2 aromatic carbocycles. The van der Waals surface area contributed by atoms with Gasteiger partial charge in [0.25, 0.3) is 11.9 Å². The van der Waals surface area contributed by atoms with Gasteiger partial charge in [-0.25, -0.2) is 9.98 Å². The molecule has 3 aromatic rings. The molecule has 0 atom stereocenters. The van der Waals surface area contributed by atoms with Crippen LogP contribution in [0.3, 0.4) is 0 Å². The number of fused-ring (bicyclic) bond motifs is 1. The van der Waals surface area contributed by atoms with Gasteiger partial charge in [0.05, 0.1) is 10.9 Å². The Labute approximate surface area is 148 Å². The summed E-state index contributed by atoms with van der Waals surface area (Å²) in [5.41, 5.74) is 1.49. The first-order valence-electron chi connectivity index (χ1n) is 7.97. The number of para-hydroxylation sites is 1. The van der Waals surface area contributed by atoms with Crippen molar-refractivity contribution in [3.05, 3.63) is 69.9 Å². The van der Waals surface area contributed by atoms with Crippen LogP contribution in [0.15, 0.2) is 72.7 Å². The molecule has 0 radical (unpaired) electrons. The van der Waals surface area contributed by atoms with Crippen molar-refractivity contribution in [1.29, 1.82) is 0 Å². The van der Waals surface area contributed by atoms with Gasteiger partial charge < -0.3 is 4.42 Å². The number of rotatable bonds is 2. The van der Waals surface area contributed by atoms with Crippen LogP contribution in [0, 0.1) is 6.92 Å². The van der Waals surface area contributed by atoms with Crippen LogP contribution in [0.5, 0.6) is 0 Å². The largest absolute Gasteiger partial charge is 0.455 e. The van der Waals surface area contributed by atoms with E-state index in [-0.39, 0.29) is 22.5 Å². The molecular formula is C20H13N3O3. The Hall–Kier alpha value is -3.67. The zero-order chi connectivity index (χ0) is 18.1. The molecule has 26 heavy (non-hydrogen) atoms. The van der Waals surface area contributed by atoms with Crippen LogP contribution >= 0.6 is 0 Å². The van der Waals surface area contributed by atoms with Crippen molar-refractivity contribution in [2.24, 2.45) is 15.0 Å². The second-order valence-corrected chi connectivity index (χ2v) is 5.71. The second-order valence-electron chi connectivity index (χ2n) is 5.71. The van der Waals surface area contributed by atoms with Gasteiger partial charge in [0.15, 0.2) is 11.0 Å². The molecule has 0 aliphatic carbocycles. The SMILES string of the molecule is Cc1c(-c2ccccc2)oc2c(C(=O)N=C3N=CC=N3)cccc2c1=O. The molecule has 1 amide bonds. The van der Waals surface area contributed by atoms with Gasteiger partial charge in [-0.05, 0) is 19.1 Å². The van der Waals surface area contributed by atoms with Crippen LogP contribution in [-0.2, 0) is 0 Å². The summed E-state index contributed by atoms with van der Waals surface area (Å²) >= 11 is 0. The van der Waals surface area contributed by atoms with Gasteiger partial charge in [-0.3, -0.25) is 9.59 Å². The van der Waals surface area contributed by atoms with E-state index in [1.807, 2.05) is 30.3 Å². The maximum atomic E-state index is 12.8. The zero-order valence-electron chi connectivity index (χ0n) is 13.8. The normalized spacial score (nSPS) is 12.7. The number of carbonyl (C=O) groups excluding carboxylic acids is 1. The molecule has 126 valence electrons. The maximum absolute atomic E-state index is 12.8. The Morgan fingerprint density at radius 2 is 1.73 bits per heavy atom. The highest BCUT2D eigenvalue weighted by atomic mass is 16.3. The molecule has 1 aromatic heterocycles. The van der Waals surface area contributed by atoms with E-state index in [4.69, 9.17) is 4.42 Å². The quantitative estimate of drug-likeness (QED) is 0.714. The summed E-state index contributed by atoms with van der Waals surface area (Å²) in [6.45, 7) is 1.71. The van der Waals surface area contributed by atoms with Crippen LogP contribution in [-0.4, -0.2) is 24.3 Å². The highest BCUT2D eigenvalue weighted by Crippen LogP contribution is 2.27. The summed E-state index contributed by atoms with van der Waals surface area (Å²) in [6.07, 6.45) is 2.90. The number of carbonyl (C=O) groups is 1. The molecule has 6 nitrogen and oxygen atoms in total. The van der Waals surface area contributed by atoms with E-state index >= 15 is 0 Å². The van der Waals surface area contributed by atoms with Crippen LogP contribution in [0.2, 0.25) is 0 Å². The van der Waals surface area contributed by atoms with Crippen molar-refractivity contribution < 1.29 is 9.21 Å². The highest BCUT2D eigenvalue weighted by Gasteiger charge is 2.18. The van der Waals surface area contributed by atoms with E-state index in [0.717, 1.165) is 5.56 Å². The molecule has 0 fully saturated rings. The molecule has 0 unspecified atom stereocenters. The van der Waals surface area contributed by atoms with Crippen molar-refractivity contribution in [2.75, 3.05) is 0 Å². The molecule has 0 saturated carbocycles.